The number of carboxylic acid groups (broad SMARTS) is 1. The normalized spacial score (nSPS) is 14.6. The van der Waals surface area contributed by atoms with Crippen LogP contribution in [-0.2, 0) is 14.4 Å². The average Bonchev–Trinajstić information content (AvgIpc) is 2.87. The number of nitrogens with one attached hydrogen (secondary N) is 2. The fourth-order valence-electron chi connectivity index (χ4n) is 1.33. The minimum absolute atomic E-state index is 0.0534. The van der Waals surface area contributed by atoms with Gasteiger partial charge in [0.05, 0.1) is 17.5 Å². The van der Waals surface area contributed by atoms with Gasteiger partial charge in [0.2, 0.25) is 11.8 Å². The van der Waals surface area contributed by atoms with E-state index in [4.69, 9.17) is 9.63 Å². The van der Waals surface area contributed by atoms with Crippen LogP contribution in [0.5, 0.6) is 0 Å². The molecule has 0 aliphatic heterocycles. The van der Waals surface area contributed by atoms with Crippen molar-refractivity contribution in [3.8, 4) is 0 Å². The minimum atomic E-state index is -2.03. The van der Waals surface area contributed by atoms with E-state index in [9.17, 15) is 19.5 Å². The molecule has 10 heteroatoms. The second-order valence-electron chi connectivity index (χ2n) is 5.12. The quantitative estimate of drug-likeness (QED) is 0.515. The Kier molecular flexibility index (Phi) is 6.58. The number of aromatic nitrogens is 1. The van der Waals surface area contributed by atoms with Crippen LogP contribution in [0.1, 0.15) is 19.6 Å². The molecule has 0 bridgehead atoms. The van der Waals surface area contributed by atoms with Crippen molar-refractivity contribution in [2.75, 3.05) is 17.6 Å². The summed E-state index contributed by atoms with van der Waals surface area (Å²) in [6.45, 7) is 3.98. The number of aliphatic carboxylic acids is 1. The zero-order valence-corrected chi connectivity index (χ0v) is 13.8. The van der Waals surface area contributed by atoms with Gasteiger partial charge in [-0.25, -0.2) is 4.79 Å². The lowest BCUT2D eigenvalue weighted by Crippen LogP contribution is -2.47. The lowest BCUT2D eigenvalue weighted by molar-refractivity contribution is -0.156. The van der Waals surface area contributed by atoms with Crippen molar-refractivity contribution in [1.29, 1.82) is 0 Å². The van der Waals surface area contributed by atoms with E-state index in [1.54, 1.807) is 19.9 Å². The molecule has 0 saturated carbocycles. The van der Waals surface area contributed by atoms with Crippen LogP contribution in [-0.4, -0.2) is 56.3 Å². The molecule has 23 heavy (non-hydrogen) atoms. The number of amides is 2. The highest BCUT2D eigenvalue weighted by Gasteiger charge is 2.30. The van der Waals surface area contributed by atoms with Gasteiger partial charge in [0.1, 0.15) is 5.76 Å². The molecule has 0 fully saturated rings. The van der Waals surface area contributed by atoms with Crippen molar-refractivity contribution in [2.24, 2.45) is 0 Å². The summed E-state index contributed by atoms with van der Waals surface area (Å²) in [5.74, 6) is -1.45. The summed E-state index contributed by atoms with van der Waals surface area (Å²) in [7, 11) is 0. The van der Waals surface area contributed by atoms with Crippen LogP contribution in [0.2, 0.25) is 0 Å². The highest BCUT2D eigenvalue weighted by molar-refractivity contribution is 8.01. The molecule has 0 aromatic carbocycles. The molecule has 2 amide bonds. The van der Waals surface area contributed by atoms with Crippen LogP contribution in [0.25, 0.3) is 0 Å². The molecule has 1 aromatic rings. The Balaban J connectivity index is 2.34. The maximum absolute atomic E-state index is 11.9. The number of hydrogen-bond donors (Lipinski definition) is 4. The smallest absolute Gasteiger partial charge is 0.337 e. The predicted octanol–water partition coefficient (Wildman–Crippen LogP) is -0.00498. The fourth-order valence-corrected chi connectivity index (χ4v) is 2.04. The van der Waals surface area contributed by atoms with Gasteiger partial charge in [-0.1, -0.05) is 5.16 Å². The first-order chi connectivity index (χ1) is 10.6. The third-order valence-electron chi connectivity index (χ3n) is 2.80. The number of anilines is 1. The lowest BCUT2D eigenvalue weighted by atomic mass is 10.1. The molecule has 2 atom stereocenters. The van der Waals surface area contributed by atoms with Crippen LogP contribution in [0.15, 0.2) is 10.6 Å². The Labute approximate surface area is 136 Å². The van der Waals surface area contributed by atoms with Gasteiger partial charge in [-0.2, -0.15) is 0 Å². The van der Waals surface area contributed by atoms with Crippen molar-refractivity contribution in [3.63, 3.8) is 0 Å². The van der Waals surface area contributed by atoms with Crippen molar-refractivity contribution < 1.29 is 29.1 Å². The van der Waals surface area contributed by atoms with Gasteiger partial charge in [-0.05, 0) is 20.8 Å². The van der Waals surface area contributed by atoms with Gasteiger partial charge in [0.15, 0.2) is 11.4 Å². The van der Waals surface area contributed by atoms with E-state index >= 15 is 0 Å². The summed E-state index contributed by atoms with van der Waals surface area (Å²) in [5, 5.41) is 26.1. The molecular weight excluding hydrogens is 326 g/mol. The highest BCUT2D eigenvalue weighted by atomic mass is 32.2. The van der Waals surface area contributed by atoms with E-state index in [0.29, 0.717) is 11.6 Å². The number of carboxylic acids is 1. The van der Waals surface area contributed by atoms with Gasteiger partial charge < -0.3 is 25.4 Å². The van der Waals surface area contributed by atoms with E-state index in [2.05, 4.69) is 15.8 Å². The van der Waals surface area contributed by atoms with Gasteiger partial charge in [-0.3, -0.25) is 9.59 Å². The first-order valence-electron chi connectivity index (χ1n) is 6.70. The summed E-state index contributed by atoms with van der Waals surface area (Å²) >= 11 is 1.07. The van der Waals surface area contributed by atoms with Crippen molar-refractivity contribution in [3.05, 3.63) is 11.8 Å². The first-order valence-corrected chi connectivity index (χ1v) is 7.75. The third kappa shape index (κ3) is 6.28. The summed E-state index contributed by atoms with van der Waals surface area (Å²) in [4.78, 5) is 34.2. The van der Waals surface area contributed by atoms with Crippen LogP contribution in [0.3, 0.4) is 0 Å². The summed E-state index contributed by atoms with van der Waals surface area (Å²) in [6, 6.07) is 1.57. The average molecular weight is 345 g/mol. The monoisotopic (exact) mass is 345 g/mol. The Morgan fingerprint density at radius 3 is 2.65 bits per heavy atom. The molecule has 1 rings (SSSR count). The molecule has 1 heterocycles. The lowest BCUT2D eigenvalue weighted by Gasteiger charge is -2.18. The van der Waals surface area contributed by atoms with Gasteiger partial charge in [-0.15, -0.1) is 11.8 Å². The van der Waals surface area contributed by atoms with E-state index in [1.807, 2.05) is 0 Å². The van der Waals surface area contributed by atoms with Gasteiger partial charge >= 0.3 is 5.97 Å². The number of aliphatic hydroxyl groups is 1. The van der Waals surface area contributed by atoms with Gasteiger partial charge in [0, 0.05) is 6.07 Å². The van der Waals surface area contributed by atoms with Crippen LogP contribution in [0, 0.1) is 6.92 Å². The number of hydrogen-bond acceptors (Lipinski definition) is 7. The molecule has 9 nitrogen and oxygen atoms in total. The van der Waals surface area contributed by atoms with Crippen molar-refractivity contribution >= 4 is 35.4 Å². The fraction of sp³-hybridized carbons (Fsp3) is 0.538. The zero-order valence-electron chi connectivity index (χ0n) is 13.0. The standard InChI is InChI=1S/C13H19N3O6S/c1-7-4-9(16-22-7)15-11(18)8(2)23-5-10(17)14-6-13(3,21)12(19)20/h4,8,21H,5-6H2,1-3H3,(H,14,17)(H,19,20)(H,15,16,18). The molecule has 0 saturated heterocycles. The SMILES string of the molecule is Cc1cc(NC(=O)C(C)SCC(=O)NCC(C)(O)C(=O)O)no1. The predicted molar refractivity (Wildman–Crippen MR) is 83.1 cm³/mol. The first kappa shape index (κ1) is 19.0. The molecule has 4 N–H and O–H groups in total. The van der Waals surface area contributed by atoms with E-state index in [1.165, 1.54) is 0 Å². The summed E-state index contributed by atoms with van der Waals surface area (Å²) in [6.07, 6.45) is 0. The maximum Gasteiger partial charge on any atom is 0.337 e. The Hall–Kier alpha value is -2.07. The largest absolute Gasteiger partial charge is 0.479 e. The van der Waals surface area contributed by atoms with E-state index in [-0.39, 0.29) is 11.7 Å². The second kappa shape index (κ2) is 7.97. The minimum Gasteiger partial charge on any atom is -0.479 e. The van der Waals surface area contributed by atoms with Crippen molar-refractivity contribution in [1.82, 2.24) is 10.5 Å². The van der Waals surface area contributed by atoms with Crippen LogP contribution < -0.4 is 10.6 Å². The topological polar surface area (TPSA) is 142 Å². The zero-order chi connectivity index (χ0) is 17.6. The van der Waals surface area contributed by atoms with Crippen molar-refractivity contribution in [2.45, 2.75) is 31.6 Å². The van der Waals surface area contributed by atoms with E-state index < -0.39 is 29.3 Å². The Morgan fingerprint density at radius 2 is 2.13 bits per heavy atom. The highest BCUT2D eigenvalue weighted by Crippen LogP contribution is 2.14. The molecule has 0 aliphatic rings. The number of carbonyl (C=O) groups excluding carboxylic acids is 2. The summed E-state index contributed by atoms with van der Waals surface area (Å²) < 4.78 is 4.82. The maximum atomic E-state index is 11.9. The molecular formula is C13H19N3O6S. The van der Waals surface area contributed by atoms with Crippen LogP contribution >= 0.6 is 11.8 Å². The summed E-state index contributed by atoms with van der Waals surface area (Å²) in [5.41, 5.74) is -2.03. The molecule has 1 aromatic heterocycles. The van der Waals surface area contributed by atoms with E-state index in [0.717, 1.165) is 18.7 Å². The molecule has 0 spiro atoms. The molecule has 0 radical (unpaired) electrons. The Morgan fingerprint density at radius 1 is 1.48 bits per heavy atom. The third-order valence-corrected chi connectivity index (χ3v) is 3.95. The second-order valence-corrected chi connectivity index (χ2v) is 6.45. The molecule has 0 aliphatic carbocycles. The number of aryl methyl sites for hydroxylation is 1. The Bertz CT molecular complexity index is 586. The number of carbonyl (C=O) groups is 3. The number of nitrogens with zero attached hydrogens (tertiary/aromatic N) is 1. The molecule has 128 valence electrons. The number of rotatable bonds is 8. The molecule has 2 unspecified atom stereocenters. The van der Waals surface area contributed by atoms with Gasteiger partial charge in [0.25, 0.3) is 0 Å². The number of thioether (sulfide) groups is 1. The van der Waals surface area contributed by atoms with Crippen LogP contribution in [0.4, 0.5) is 5.82 Å².